The van der Waals surface area contributed by atoms with Crippen LogP contribution in [0.4, 0.5) is 0 Å². The molecule has 0 fully saturated rings. The van der Waals surface area contributed by atoms with Gasteiger partial charge in [0, 0.05) is 19.4 Å². The fraction of sp³-hybridized carbons (Fsp3) is 0.722. The number of amides is 2. The lowest BCUT2D eigenvalue weighted by Crippen LogP contribution is -2.37. The summed E-state index contributed by atoms with van der Waals surface area (Å²) in [6.45, 7) is 1.20. The Labute approximate surface area is 154 Å². The largest absolute Gasteiger partial charge is 0.464 e. The second-order valence-electron chi connectivity index (χ2n) is 6.05. The summed E-state index contributed by atoms with van der Waals surface area (Å²) >= 11 is 0. The Morgan fingerprint density at radius 2 is 2.15 bits per heavy atom. The van der Waals surface area contributed by atoms with Gasteiger partial charge in [-0.2, -0.15) is 0 Å². The van der Waals surface area contributed by atoms with Gasteiger partial charge < -0.3 is 25.2 Å². The Bertz CT molecular complexity index is 467. The fourth-order valence-corrected chi connectivity index (χ4v) is 2.47. The number of carbonyl (C=O) groups excluding carboxylic acids is 3. The zero-order valence-electron chi connectivity index (χ0n) is 15.2. The summed E-state index contributed by atoms with van der Waals surface area (Å²) < 4.78 is 10.1. The molecule has 1 heterocycles. The number of nitrogens with one attached hydrogen (secondary N) is 2. The first-order chi connectivity index (χ1) is 12.6. The molecule has 1 aliphatic heterocycles. The third kappa shape index (κ3) is 10.8. The zero-order valence-corrected chi connectivity index (χ0v) is 15.2. The molecular formula is C18H30N2O6. The summed E-state index contributed by atoms with van der Waals surface area (Å²) in [6, 6.07) is 0. The van der Waals surface area contributed by atoms with Crippen LogP contribution in [0, 0.1) is 5.92 Å². The molecule has 2 amide bonds. The Balaban J connectivity index is 2.47. The van der Waals surface area contributed by atoms with Gasteiger partial charge in [-0.05, 0) is 25.7 Å². The van der Waals surface area contributed by atoms with Crippen molar-refractivity contribution in [1.29, 1.82) is 0 Å². The van der Waals surface area contributed by atoms with Gasteiger partial charge in [0.05, 0.1) is 32.3 Å². The van der Waals surface area contributed by atoms with Crippen molar-refractivity contribution < 1.29 is 29.0 Å². The molecule has 1 aliphatic rings. The van der Waals surface area contributed by atoms with Crippen LogP contribution in [0.25, 0.3) is 0 Å². The van der Waals surface area contributed by atoms with E-state index in [0.29, 0.717) is 26.0 Å². The van der Waals surface area contributed by atoms with E-state index in [-0.39, 0.29) is 50.6 Å². The SMILES string of the molecule is O=C(CC1CC=CCCCCC(=O)OCCNC1=O)NCCOCCO. The maximum absolute atomic E-state index is 12.3. The molecule has 0 spiro atoms. The molecule has 0 bridgehead atoms. The quantitative estimate of drug-likeness (QED) is 0.337. The molecular weight excluding hydrogens is 340 g/mol. The number of hydrogen-bond acceptors (Lipinski definition) is 6. The van der Waals surface area contributed by atoms with Crippen LogP contribution in [0.3, 0.4) is 0 Å². The number of aliphatic hydroxyl groups is 1. The van der Waals surface area contributed by atoms with E-state index in [9.17, 15) is 14.4 Å². The number of esters is 1. The van der Waals surface area contributed by atoms with E-state index >= 15 is 0 Å². The first-order valence-electron chi connectivity index (χ1n) is 9.17. The number of aliphatic hydroxyl groups excluding tert-OH is 1. The minimum atomic E-state index is -0.469. The second-order valence-corrected chi connectivity index (χ2v) is 6.05. The van der Waals surface area contributed by atoms with Gasteiger partial charge in [-0.1, -0.05) is 12.2 Å². The molecule has 0 saturated heterocycles. The topological polar surface area (TPSA) is 114 Å². The Morgan fingerprint density at radius 1 is 1.31 bits per heavy atom. The van der Waals surface area contributed by atoms with Crippen molar-refractivity contribution in [3.05, 3.63) is 12.2 Å². The van der Waals surface area contributed by atoms with Gasteiger partial charge in [0.15, 0.2) is 0 Å². The number of hydrogen-bond donors (Lipinski definition) is 3. The van der Waals surface area contributed by atoms with Gasteiger partial charge in [0.2, 0.25) is 11.8 Å². The maximum Gasteiger partial charge on any atom is 0.305 e. The summed E-state index contributed by atoms with van der Waals surface area (Å²) in [5.41, 5.74) is 0. The number of rotatable bonds is 7. The Morgan fingerprint density at radius 3 is 2.96 bits per heavy atom. The predicted octanol–water partition coefficient (Wildman–Crippen LogP) is 0.298. The lowest BCUT2D eigenvalue weighted by molar-refractivity contribution is -0.144. The lowest BCUT2D eigenvalue weighted by Gasteiger charge is -2.16. The molecule has 1 atom stereocenters. The van der Waals surface area contributed by atoms with E-state index in [2.05, 4.69) is 10.6 Å². The molecule has 148 valence electrons. The fourth-order valence-electron chi connectivity index (χ4n) is 2.47. The van der Waals surface area contributed by atoms with Gasteiger partial charge in [0.25, 0.3) is 0 Å². The van der Waals surface area contributed by atoms with Gasteiger partial charge in [-0.15, -0.1) is 0 Å². The second kappa shape index (κ2) is 14.3. The van der Waals surface area contributed by atoms with Gasteiger partial charge in [-0.25, -0.2) is 0 Å². The van der Waals surface area contributed by atoms with Crippen molar-refractivity contribution in [3.63, 3.8) is 0 Å². The van der Waals surface area contributed by atoms with Gasteiger partial charge in [-0.3, -0.25) is 14.4 Å². The summed E-state index contributed by atoms with van der Waals surface area (Å²) in [4.78, 5) is 35.8. The Kier molecular flexibility index (Phi) is 12.1. The molecule has 26 heavy (non-hydrogen) atoms. The van der Waals surface area contributed by atoms with E-state index < -0.39 is 5.92 Å². The van der Waals surface area contributed by atoms with Crippen LogP contribution in [0.2, 0.25) is 0 Å². The molecule has 0 radical (unpaired) electrons. The average Bonchev–Trinajstić information content (AvgIpc) is 2.62. The summed E-state index contributed by atoms with van der Waals surface area (Å²) in [5, 5.41) is 14.0. The molecule has 0 aromatic carbocycles. The average molecular weight is 370 g/mol. The van der Waals surface area contributed by atoms with E-state index in [4.69, 9.17) is 14.6 Å². The first kappa shape index (κ1) is 22.1. The first-order valence-corrected chi connectivity index (χ1v) is 9.17. The summed E-state index contributed by atoms with van der Waals surface area (Å²) in [7, 11) is 0. The lowest BCUT2D eigenvalue weighted by atomic mass is 9.99. The van der Waals surface area contributed by atoms with Crippen molar-refractivity contribution in [1.82, 2.24) is 10.6 Å². The Hall–Kier alpha value is -1.93. The highest BCUT2D eigenvalue weighted by molar-refractivity contribution is 5.85. The molecule has 1 unspecified atom stereocenters. The minimum absolute atomic E-state index is 0.0577. The van der Waals surface area contributed by atoms with E-state index in [1.54, 1.807) is 0 Å². The molecule has 1 rings (SSSR count). The maximum atomic E-state index is 12.3. The zero-order chi connectivity index (χ0) is 19.0. The number of allylic oxidation sites excluding steroid dienone is 2. The van der Waals surface area contributed by atoms with Crippen molar-refractivity contribution in [2.24, 2.45) is 5.92 Å². The van der Waals surface area contributed by atoms with E-state index in [0.717, 1.165) is 19.3 Å². The minimum Gasteiger partial charge on any atom is -0.464 e. The van der Waals surface area contributed by atoms with Crippen molar-refractivity contribution >= 4 is 17.8 Å². The smallest absolute Gasteiger partial charge is 0.305 e. The molecule has 0 aromatic heterocycles. The van der Waals surface area contributed by atoms with Crippen LogP contribution in [0.1, 0.15) is 38.5 Å². The van der Waals surface area contributed by atoms with Crippen LogP contribution < -0.4 is 10.6 Å². The van der Waals surface area contributed by atoms with Crippen molar-refractivity contribution in [2.75, 3.05) is 39.5 Å². The number of carbonyl (C=O) groups is 3. The molecule has 8 heteroatoms. The van der Waals surface area contributed by atoms with E-state index in [1.807, 2.05) is 12.2 Å². The third-order valence-corrected chi connectivity index (χ3v) is 3.86. The highest BCUT2D eigenvalue weighted by atomic mass is 16.5. The summed E-state index contributed by atoms with van der Waals surface area (Å²) in [6.07, 6.45) is 7.36. The number of cyclic esters (lactones) is 1. The van der Waals surface area contributed by atoms with Crippen LogP contribution in [-0.2, 0) is 23.9 Å². The van der Waals surface area contributed by atoms with Crippen LogP contribution in [0.15, 0.2) is 12.2 Å². The van der Waals surface area contributed by atoms with Crippen LogP contribution >= 0.6 is 0 Å². The van der Waals surface area contributed by atoms with Crippen molar-refractivity contribution in [2.45, 2.75) is 38.5 Å². The van der Waals surface area contributed by atoms with Crippen LogP contribution in [-0.4, -0.2) is 62.4 Å². The molecule has 0 aromatic rings. The van der Waals surface area contributed by atoms with Gasteiger partial charge >= 0.3 is 5.97 Å². The third-order valence-electron chi connectivity index (χ3n) is 3.86. The van der Waals surface area contributed by atoms with E-state index in [1.165, 1.54) is 0 Å². The van der Waals surface area contributed by atoms with Gasteiger partial charge in [0.1, 0.15) is 6.61 Å². The molecule has 0 aliphatic carbocycles. The van der Waals surface area contributed by atoms with Crippen molar-refractivity contribution in [3.8, 4) is 0 Å². The number of ether oxygens (including phenoxy) is 2. The monoisotopic (exact) mass is 370 g/mol. The predicted molar refractivity (Wildman–Crippen MR) is 95.2 cm³/mol. The highest BCUT2D eigenvalue weighted by Gasteiger charge is 2.20. The molecule has 8 nitrogen and oxygen atoms in total. The molecule has 3 N–H and O–H groups in total. The van der Waals surface area contributed by atoms with Crippen LogP contribution in [0.5, 0.6) is 0 Å². The summed E-state index contributed by atoms with van der Waals surface area (Å²) in [5.74, 6) is -1.17. The standard InChI is InChI=1S/C18H30N2O6/c21-10-13-25-11-8-19-16(22)14-15-6-4-2-1-3-5-7-17(23)26-12-9-20-18(15)24/h2,4,15,21H,1,3,5-14H2,(H,19,22)(H,20,24). The highest BCUT2D eigenvalue weighted by Crippen LogP contribution is 2.12. The normalized spacial score (nSPS) is 20.0. The molecule has 0 saturated carbocycles.